The van der Waals surface area contributed by atoms with E-state index in [0.717, 1.165) is 28.9 Å². The number of Topliss-reactive ketones (excluding diaryl/α,β-unsaturated/α-hetero) is 1. The molecule has 0 saturated heterocycles. The molecule has 4 aromatic rings. The van der Waals surface area contributed by atoms with Crippen molar-refractivity contribution < 1.29 is 9.53 Å². The first-order valence-corrected chi connectivity index (χ1v) is 10.5. The van der Waals surface area contributed by atoms with Crippen LogP contribution in [-0.2, 0) is 24.2 Å². The third kappa shape index (κ3) is 5.89. The summed E-state index contributed by atoms with van der Waals surface area (Å²) in [4.78, 5) is 16.4. The number of aromatic nitrogens is 1. The number of pyridine rings is 1. The number of rotatable bonds is 9. The van der Waals surface area contributed by atoms with Crippen molar-refractivity contribution >= 4 is 5.78 Å². The minimum absolute atomic E-state index is 0.231. The first-order chi connectivity index (χ1) is 15.3. The van der Waals surface area contributed by atoms with E-state index < -0.39 is 0 Å². The van der Waals surface area contributed by atoms with Crippen molar-refractivity contribution in [3.8, 4) is 16.9 Å². The second kappa shape index (κ2) is 10.4. The van der Waals surface area contributed by atoms with Gasteiger partial charge in [-0.1, -0.05) is 72.8 Å². The molecule has 4 rings (SSSR count). The monoisotopic (exact) mass is 407 g/mol. The predicted molar refractivity (Wildman–Crippen MR) is 124 cm³/mol. The molecule has 0 aliphatic carbocycles. The van der Waals surface area contributed by atoms with Crippen LogP contribution in [0.4, 0.5) is 0 Å². The molecule has 3 aromatic carbocycles. The normalized spacial score (nSPS) is 10.6. The summed E-state index contributed by atoms with van der Waals surface area (Å²) in [6.07, 6.45) is 5.26. The van der Waals surface area contributed by atoms with Crippen molar-refractivity contribution in [2.75, 3.05) is 0 Å². The molecule has 0 atom stereocenters. The second-order valence-electron chi connectivity index (χ2n) is 7.53. The lowest BCUT2D eigenvalue weighted by Crippen LogP contribution is -2.04. The molecule has 0 fully saturated rings. The van der Waals surface area contributed by atoms with Crippen LogP contribution in [-0.4, -0.2) is 10.8 Å². The molecule has 0 bridgehead atoms. The summed E-state index contributed by atoms with van der Waals surface area (Å²) in [6, 6.07) is 30.4. The quantitative estimate of drug-likeness (QED) is 0.338. The van der Waals surface area contributed by atoms with E-state index in [4.69, 9.17) is 4.74 Å². The van der Waals surface area contributed by atoms with Crippen LogP contribution in [0.1, 0.15) is 23.1 Å². The molecular formula is C28H25NO2. The van der Waals surface area contributed by atoms with Crippen LogP contribution >= 0.6 is 0 Å². The minimum atomic E-state index is 0.231. The number of hydrogen-bond donors (Lipinski definition) is 0. The average molecular weight is 408 g/mol. The summed E-state index contributed by atoms with van der Waals surface area (Å²) >= 11 is 0. The largest absolute Gasteiger partial charge is 0.489 e. The lowest BCUT2D eigenvalue weighted by atomic mass is 10.0. The molecule has 31 heavy (non-hydrogen) atoms. The van der Waals surface area contributed by atoms with E-state index in [2.05, 4.69) is 29.2 Å². The second-order valence-corrected chi connectivity index (χ2v) is 7.53. The van der Waals surface area contributed by atoms with Crippen molar-refractivity contribution in [2.24, 2.45) is 0 Å². The Kier molecular flexibility index (Phi) is 6.86. The molecule has 0 spiro atoms. The highest BCUT2D eigenvalue weighted by Crippen LogP contribution is 2.25. The summed E-state index contributed by atoms with van der Waals surface area (Å²) in [5, 5.41) is 0. The van der Waals surface area contributed by atoms with E-state index in [0.29, 0.717) is 19.4 Å². The molecule has 154 valence electrons. The van der Waals surface area contributed by atoms with Crippen molar-refractivity contribution in [3.63, 3.8) is 0 Å². The zero-order valence-corrected chi connectivity index (χ0v) is 17.4. The summed E-state index contributed by atoms with van der Waals surface area (Å²) in [5.41, 5.74) is 5.60. The highest BCUT2D eigenvalue weighted by molar-refractivity contribution is 5.81. The molecule has 0 unspecified atom stereocenters. The van der Waals surface area contributed by atoms with Gasteiger partial charge in [-0.2, -0.15) is 0 Å². The fourth-order valence-electron chi connectivity index (χ4n) is 3.56. The summed E-state index contributed by atoms with van der Waals surface area (Å²) in [7, 11) is 0. The van der Waals surface area contributed by atoms with Crippen LogP contribution in [0.2, 0.25) is 0 Å². The topological polar surface area (TPSA) is 39.2 Å². The van der Waals surface area contributed by atoms with Gasteiger partial charge in [0, 0.05) is 25.2 Å². The number of carbonyl (C=O) groups excluding carboxylic acids is 1. The molecule has 0 aliphatic rings. The van der Waals surface area contributed by atoms with Crippen molar-refractivity contribution in [1.29, 1.82) is 0 Å². The first kappa shape index (κ1) is 20.5. The highest BCUT2D eigenvalue weighted by Gasteiger charge is 2.07. The molecule has 3 heteroatoms. The number of nitrogens with zero attached hydrogens (tertiary/aromatic N) is 1. The molecule has 3 nitrogen and oxygen atoms in total. The number of ether oxygens (including phenoxy) is 1. The zero-order chi connectivity index (χ0) is 21.3. The summed E-state index contributed by atoms with van der Waals surface area (Å²) < 4.78 is 6.03. The summed E-state index contributed by atoms with van der Waals surface area (Å²) in [6.45, 7) is 0.494. The Hall–Kier alpha value is -3.72. The Morgan fingerprint density at radius 2 is 1.55 bits per heavy atom. The standard InChI is InChI=1S/C28H25NO2/c30-26(15-12-23-7-6-18-29-20-23)19-22-13-16-27(17-14-22)31-21-25-10-4-5-11-28(25)24-8-2-1-3-9-24/h1-11,13-14,16-18,20H,12,15,19,21H2. The first-order valence-electron chi connectivity index (χ1n) is 10.5. The molecule has 1 aromatic heterocycles. The number of ketones is 1. The van der Waals surface area contributed by atoms with Crippen LogP contribution < -0.4 is 4.74 Å². The van der Waals surface area contributed by atoms with Crippen LogP contribution in [0.25, 0.3) is 11.1 Å². The zero-order valence-electron chi connectivity index (χ0n) is 17.4. The maximum atomic E-state index is 12.3. The molecule has 1 heterocycles. The summed E-state index contributed by atoms with van der Waals surface area (Å²) in [5.74, 6) is 1.03. The van der Waals surface area contributed by atoms with E-state index >= 15 is 0 Å². The van der Waals surface area contributed by atoms with Gasteiger partial charge in [0.25, 0.3) is 0 Å². The number of carbonyl (C=O) groups is 1. The van der Waals surface area contributed by atoms with Crippen molar-refractivity contribution in [3.05, 3.63) is 120 Å². The molecule has 0 radical (unpaired) electrons. The van der Waals surface area contributed by atoms with Crippen LogP contribution in [0, 0.1) is 0 Å². The van der Waals surface area contributed by atoms with E-state index in [1.165, 1.54) is 11.1 Å². The van der Waals surface area contributed by atoms with Gasteiger partial charge in [-0.15, -0.1) is 0 Å². The van der Waals surface area contributed by atoms with Gasteiger partial charge in [0.15, 0.2) is 0 Å². The van der Waals surface area contributed by atoms with Gasteiger partial charge in [0.1, 0.15) is 18.1 Å². The lowest BCUT2D eigenvalue weighted by Gasteiger charge is -2.12. The number of hydrogen-bond acceptors (Lipinski definition) is 3. The molecule has 0 amide bonds. The highest BCUT2D eigenvalue weighted by atomic mass is 16.5. The Balaban J connectivity index is 1.32. The number of aryl methyl sites for hydroxylation is 1. The molecule has 0 aliphatic heterocycles. The van der Waals surface area contributed by atoms with Crippen LogP contribution in [0.3, 0.4) is 0 Å². The third-order valence-corrected chi connectivity index (χ3v) is 5.24. The van der Waals surface area contributed by atoms with Crippen LogP contribution in [0.15, 0.2) is 103 Å². The SMILES string of the molecule is O=C(CCc1cccnc1)Cc1ccc(OCc2ccccc2-c2ccccc2)cc1. The van der Waals surface area contributed by atoms with Gasteiger partial charge in [0.05, 0.1) is 0 Å². The smallest absolute Gasteiger partial charge is 0.137 e. The fraction of sp³-hybridized carbons (Fsp3) is 0.143. The van der Waals surface area contributed by atoms with Gasteiger partial charge in [-0.25, -0.2) is 0 Å². The maximum Gasteiger partial charge on any atom is 0.137 e. The van der Waals surface area contributed by atoms with Crippen molar-refractivity contribution in [1.82, 2.24) is 4.98 Å². The average Bonchev–Trinajstić information content (AvgIpc) is 2.84. The Bertz CT molecular complexity index is 1110. The Labute approximate surface area is 183 Å². The third-order valence-electron chi connectivity index (χ3n) is 5.24. The van der Waals surface area contributed by atoms with Gasteiger partial charge in [-0.3, -0.25) is 9.78 Å². The van der Waals surface area contributed by atoms with E-state index in [1.807, 2.05) is 72.9 Å². The van der Waals surface area contributed by atoms with Crippen molar-refractivity contribution in [2.45, 2.75) is 25.9 Å². The molecule has 0 saturated carbocycles. The molecular weight excluding hydrogens is 382 g/mol. The fourth-order valence-corrected chi connectivity index (χ4v) is 3.56. The van der Waals surface area contributed by atoms with Gasteiger partial charge >= 0.3 is 0 Å². The van der Waals surface area contributed by atoms with Gasteiger partial charge < -0.3 is 4.74 Å². The van der Waals surface area contributed by atoms with Gasteiger partial charge in [-0.05, 0) is 52.4 Å². The Morgan fingerprint density at radius 1 is 0.774 bits per heavy atom. The van der Waals surface area contributed by atoms with Crippen LogP contribution in [0.5, 0.6) is 5.75 Å². The number of benzene rings is 3. The Morgan fingerprint density at radius 3 is 2.32 bits per heavy atom. The predicted octanol–water partition coefficient (Wildman–Crippen LogP) is 6.07. The minimum Gasteiger partial charge on any atom is -0.489 e. The van der Waals surface area contributed by atoms with Gasteiger partial charge in [0.2, 0.25) is 0 Å². The van der Waals surface area contributed by atoms with E-state index in [9.17, 15) is 4.79 Å². The van der Waals surface area contributed by atoms with E-state index in [1.54, 1.807) is 6.20 Å². The molecule has 0 N–H and O–H groups in total. The maximum absolute atomic E-state index is 12.3. The van der Waals surface area contributed by atoms with E-state index in [-0.39, 0.29) is 5.78 Å². The lowest BCUT2D eigenvalue weighted by molar-refractivity contribution is -0.118.